The van der Waals surface area contributed by atoms with Gasteiger partial charge in [-0.3, -0.25) is 14.6 Å². The summed E-state index contributed by atoms with van der Waals surface area (Å²) in [5.41, 5.74) is 17.6. The van der Waals surface area contributed by atoms with Gasteiger partial charge in [-0.2, -0.15) is 0 Å². The van der Waals surface area contributed by atoms with Crippen molar-refractivity contribution in [1.82, 2.24) is 25.1 Å². The summed E-state index contributed by atoms with van der Waals surface area (Å²) in [6.45, 7) is 14.1. The first-order valence-corrected chi connectivity index (χ1v) is 27.0. The molecule has 2 atom stereocenters. The molecule has 9 nitrogen and oxygen atoms in total. The van der Waals surface area contributed by atoms with Crippen molar-refractivity contribution in [3.8, 4) is 11.1 Å². The first kappa shape index (κ1) is 51.6. The summed E-state index contributed by atoms with van der Waals surface area (Å²) in [6.07, 6.45) is 27.3. The number of hydrogen-bond acceptors (Lipinski definition) is 6. The summed E-state index contributed by atoms with van der Waals surface area (Å²) in [5, 5.41) is 16.6. The number of carbonyl (C=O) groups is 2. The molecule has 6 aromatic rings. The quantitative estimate of drug-likeness (QED) is 0.0305. The summed E-state index contributed by atoms with van der Waals surface area (Å²) in [5.74, 6) is -3.01. The van der Waals surface area contributed by atoms with E-state index in [0.29, 0.717) is 6.04 Å². The standard InChI is InChI=1S/C60H83N5O4/c1-7-9-11-13-17-21-25-50(26-22-18-14-12-10-8-2)65-57-38-44(4)28-32-53(57)54-34-30-48(40-58(54)65)47-29-33-52-51-31-27-43(3)37-55(51)64(56(52)39-47)36-24-20-16-15-19-23-35-63-41-49(61-62-63)42-69-60(68)46(6)45(5)59(66)67/h27-34,37-41,45-46,50,61-62H,7-26,35-36,42H2,1-6H3,(H,66,67). The van der Waals surface area contributed by atoms with E-state index in [9.17, 15) is 14.7 Å². The minimum absolute atomic E-state index is 0.0762. The van der Waals surface area contributed by atoms with Crippen molar-refractivity contribution in [2.45, 2.75) is 183 Å². The summed E-state index contributed by atoms with van der Waals surface area (Å²) in [7, 11) is 0. The van der Waals surface area contributed by atoms with Crippen LogP contribution in [0.3, 0.4) is 0 Å². The molecule has 2 unspecified atom stereocenters. The highest BCUT2D eigenvalue weighted by atomic mass is 16.5. The molecule has 2 aromatic heterocycles. The molecule has 4 aromatic carbocycles. The first-order chi connectivity index (χ1) is 33.6. The Kier molecular flexibility index (Phi) is 19.1. The monoisotopic (exact) mass is 938 g/mol. The molecule has 1 aliphatic rings. The van der Waals surface area contributed by atoms with E-state index in [1.165, 1.54) is 182 Å². The van der Waals surface area contributed by atoms with Crippen LogP contribution in [0.1, 0.15) is 173 Å². The molecule has 372 valence electrons. The van der Waals surface area contributed by atoms with Crippen LogP contribution in [0.5, 0.6) is 0 Å². The van der Waals surface area contributed by atoms with Crippen molar-refractivity contribution < 1.29 is 19.4 Å². The predicted molar refractivity (Wildman–Crippen MR) is 288 cm³/mol. The largest absolute Gasteiger partial charge is 0.481 e. The number of carboxylic acid groups (broad SMARTS) is 1. The van der Waals surface area contributed by atoms with Crippen molar-refractivity contribution in [3.05, 3.63) is 95.8 Å². The van der Waals surface area contributed by atoms with E-state index in [0.717, 1.165) is 38.0 Å². The predicted octanol–water partition coefficient (Wildman–Crippen LogP) is 15.6. The van der Waals surface area contributed by atoms with E-state index in [4.69, 9.17) is 4.74 Å². The first-order valence-electron chi connectivity index (χ1n) is 27.0. The molecule has 0 radical (unpaired) electrons. The Labute approximate surface area is 413 Å². The van der Waals surface area contributed by atoms with Crippen molar-refractivity contribution in [2.75, 3.05) is 13.2 Å². The van der Waals surface area contributed by atoms with Gasteiger partial charge in [-0.25, -0.2) is 0 Å². The third-order valence-corrected chi connectivity index (χ3v) is 15.0. The van der Waals surface area contributed by atoms with Gasteiger partial charge in [0.25, 0.3) is 0 Å². The fourth-order valence-electron chi connectivity index (χ4n) is 10.6. The second-order valence-electron chi connectivity index (χ2n) is 20.5. The second kappa shape index (κ2) is 25.5. The lowest BCUT2D eigenvalue weighted by molar-refractivity contribution is -0.155. The fourth-order valence-corrected chi connectivity index (χ4v) is 10.6. The Hall–Kier alpha value is -5.28. The normalized spacial score (nSPS) is 13.8. The maximum Gasteiger partial charge on any atom is 0.309 e. The Morgan fingerprint density at radius 3 is 1.61 bits per heavy atom. The number of aliphatic carboxylic acids is 1. The zero-order valence-electron chi connectivity index (χ0n) is 43.0. The lowest BCUT2D eigenvalue weighted by atomic mass is 9.96. The van der Waals surface area contributed by atoms with E-state index in [-0.39, 0.29) is 6.61 Å². The molecule has 3 heterocycles. The van der Waals surface area contributed by atoms with Gasteiger partial charge in [0.1, 0.15) is 6.61 Å². The third-order valence-electron chi connectivity index (χ3n) is 15.0. The Bertz CT molecular complexity index is 2640. The molecule has 0 bridgehead atoms. The number of aromatic nitrogens is 2. The zero-order chi connectivity index (χ0) is 48.7. The van der Waals surface area contributed by atoms with E-state index in [1.54, 1.807) is 6.92 Å². The van der Waals surface area contributed by atoms with Gasteiger partial charge in [0.15, 0.2) is 0 Å². The number of ether oxygens (including phenoxy) is 1. The van der Waals surface area contributed by atoms with Gasteiger partial charge in [0.2, 0.25) is 0 Å². The number of aryl methyl sites for hydroxylation is 3. The summed E-state index contributed by atoms with van der Waals surface area (Å²) >= 11 is 0. The number of hydrazine groups is 2. The average molecular weight is 938 g/mol. The number of nitrogens with zero attached hydrogens (tertiary/aromatic N) is 3. The van der Waals surface area contributed by atoms with Crippen LogP contribution in [0.25, 0.3) is 54.7 Å². The molecule has 0 amide bonds. The number of unbranched alkanes of at least 4 members (excludes halogenated alkanes) is 15. The van der Waals surface area contributed by atoms with Gasteiger partial charge >= 0.3 is 11.9 Å². The number of rotatable bonds is 30. The maximum atomic E-state index is 12.3. The van der Waals surface area contributed by atoms with Crippen LogP contribution in [0.4, 0.5) is 0 Å². The molecule has 9 heteroatoms. The molecule has 3 N–H and O–H groups in total. The van der Waals surface area contributed by atoms with Gasteiger partial charge in [-0.15, -0.1) is 5.53 Å². The molecule has 69 heavy (non-hydrogen) atoms. The molecule has 1 aliphatic heterocycles. The number of benzene rings is 4. The van der Waals surface area contributed by atoms with Gasteiger partial charge in [0.05, 0.1) is 17.5 Å². The Balaban J connectivity index is 1.03. The number of hydrogen-bond donors (Lipinski definition) is 3. The van der Waals surface area contributed by atoms with Crippen LogP contribution >= 0.6 is 0 Å². The highest BCUT2D eigenvalue weighted by Crippen LogP contribution is 2.40. The number of carbonyl (C=O) groups excluding carboxylic acids is 1. The smallest absolute Gasteiger partial charge is 0.309 e. The summed E-state index contributed by atoms with van der Waals surface area (Å²) < 4.78 is 10.7. The highest BCUT2D eigenvalue weighted by molar-refractivity contribution is 6.11. The molecule has 0 aliphatic carbocycles. The van der Waals surface area contributed by atoms with Crippen LogP contribution in [-0.2, 0) is 20.9 Å². The number of fused-ring (bicyclic) bond motifs is 6. The fraction of sp³-hybridized carbons (Fsp3) is 0.533. The average Bonchev–Trinajstić information content (AvgIpc) is 4.03. The van der Waals surface area contributed by atoms with E-state index in [1.807, 2.05) is 11.2 Å². The van der Waals surface area contributed by atoms with Crippen molar-refractivity contribution in [1.29, 1.82) is 0 Å². The lowest BCUT2D eigenvalue weighted by Gasteiger charge is -2.22. The SMILES string of the molecule is CCCCCCCCC(CCCCCCCC)n1c2cc(C)ccc2c2ccc(-c3ccc4c5ccc(C)cc5n(CCCCCCCCN5C=C(COC(=O)C(C)C(C)C(=O)O)NN5)c4c3)cc21. The van der Waals surface area contributed by atoms with Gasteiger partial charge in [-0.1, -0.05) is 179 Å². The number of esters is 1. The Morgan fingerprint density at radius 1 is 0.565 bits per heavy atom. The molecule has 0 spiro atoms. The highest BCUT2D eigenvalue weighted by Gasteiger charge is 2.28. The van der Waals surface area contributed by atoms with Crippen LogP contribution < -0.4 is 11.0 Å². The summed E-state index contributed by atoms with van der Waals surface area (Å²) in [4.78, 5) is 23.6. The van der Waals surface area contributed by atoms with Crippen molar-refractivity contribution in [2.24, 2.45) is 11.8 Å². The van der Waals surface area contributed by atoms with Gasteiger partial charge in [0, 0.05) is 68.9 Å². The lowest BCUT2D eigenvalue weighted by Crippen LogP contribution is -2.37. The van der Waals surface area contributed by atoms with Gasteiger partial charge in [-0.05, 0) is 86.1 Å². The number of nitrogens with one attached hydrogen (secondary N) is 2. The van der Waals surface area contributed by atoms with E-state index >= 15 is 0 Å². The Morgan fingerprint density at radius 2 is 1.03 bits per heavy atom. The van der Waals surface area contributed by atoms with E-state index < -0.39 is 23.8 Å². The molecule has 7 rings (SSSR count). The minimum Gasteiger partial charge on any atom is -0.481 e. The van der Waals surface area contributed by atoms with Crippen LogP contribution in [-0.4, -0.2) is 44.3 Å². The third kappa shape index (κ3) is 13.3. The van der Waals surface area contributed by atoms with Crippen molar-refractivity contribution in [3.63, 3.8) is 0 Å². The van der Waals surface area contributed by atoms with Crippen LogP contribution in [0.15, 0.2) is 84.7 Å². The topological polar surface area (TPSA) is 101 Å². The zero-order valence-corrected chi connectivity index (χ0v) is 43.0. The second-order valence-corrected chi connectivity index (χ2v) is 20.5. The van der Waals surface area contributed by atoms with Crippen LogP contribution in [0, 0.1) is 25.7 Å². The number of carboxylic acids is 1. The van der Waals surface area contributed by atoms with Crippen LogP contribution in [0.2, 0.25) is 0 Å². The maximum absolute atomic E-state index is 12.3. The van der Waals surface area contributed by atoms with Gasteiger partial charge < -0.3 is 24.4 Å². The molecular weight excluding hydrogens is 855 g/mol. The minimum atomic E-state index is -1.00. The van der Waals surface area contributed by atoms with Crippen molar-refractivity contribution >= 4 is 55.6 Å². The molecule has 0 saturated heterocycles. The summed E-state index contributed by atoms with van der Waals surface area (Å²) in [6, 6.07) is 29.1. The molecular formula is C60H83N5O4. The molecule has 0 saturated carbocycles. The van der Waals surface area contributed by atoms with E-state index in [2.05, 4.69) is 121 Å². The molecule has 0 fully saturated rings.